The van der Waals surface area contributed by atoms with Crippen LogP contribution < -0.4 is 4.74 Å². The predicted octanol–water partition coefficient (Wildman–Crippen LogP) is 4.76. The van der Waals surface area contributed by atoms with Gasteiger partial charge in [0.25, 0.3) is 0 Å². The summed E-state index contributed by atoms with van der Waals surface area (Å²) in [5.74, 6) is 0.332. The van der Waals surface area contributed by atoms with Crippen LogP contribution in [-0.2, 0) is 16.1 Å². The first-order valence-corrected chi connectivity index (χ1v) is 8.47. The number of aromatic nitrogens is 1. The van der Waals surface area contributed by atoms with E-state index < -0.39 is 5.97 Å². The zero-order chi connectivity index (χ0) is 17.6. The Hall–Kier alpha value is -2.66. The van der Waals surface area contributed by atoms with Crippen LogP contribution in [0.1, 0.15) is 11.1 Å². The molecule has 0 atom stereocenters. The molecule has 0 aliphatic heterocycles. The van der Waals surface area contributed by atoms with Crippen LogP contribution >= 0.6 is 15.9 Å². The first kappa shape index (κ1) is 17.2. The van der Waals surface area contributed by atoms with Gasteiger partial charge in [-0.2, -0.15) is 0 Å². The SMILES string of the molecule is COc1ccc(COC(=O)/C=C/c2cccc3cccnc23)cc1Br. The fraction of sp³-hybridized carbons (Fsp3) is 0.100. The predicted molar refractivity (Wildman–Crippen MR) is 101 cm³/mol. The monoisotopic (exact) mass is 397 g/mol. The molecule has 0 aliphatic rings. The molecule has 0 aliphatic carbocycles. The topological polar surface area (TPSA) is 48.4 Å². The van der Waals surface area contributed by atoms with Crippen molar-refractivity contribution in [3.05, 3.63) is 76.4 Å². The number of para-hydroxylation sites is 1. The van der Waals surface area contributed by atoms with Gasteiger partial charge in [0.1, 0.15) is 12.4 Å². The van der Waals surface area contributed by atoms with Gasteiger partial charge in [0.2, 0.25) is 0 Å². The molecule has 0 bridgehead atoms. The Kier molecular flexibility index (Phi) is 5.46. The number of halogens is 1. The molecule has 126 valence electrons. The van der Waals surface area contributed by atoms with E-state index in [1.54, 1.807) is 19.4 Å². The molecule has 0 saturated heterocycles. The fourth-order valence-electron chi connectivity index (χ4n) is 2.42. The van der Waals surface area contributed by atoms with Crippen molar-refractivity contribution in [2.45, 2.75) is 6.61 Å². The number of hydrogen-bond donors (Lipinski definition) is 0. The fourth-order valence-corrected chi connectivity index (χ4v) is 3.01. The van der Waals surface area contributed by atoms with Crippen molar-refractivity contribution in [2.24, 2.45) is 0 Å². The molecule has 0 radical (unpaired) electrons. The van der Waals surface area contributed by atoms with Crippen LogP contribution in [0.5, 0.6) is 5.75 Å². The minimum absolute atomic E-state index is 0.194. The lowest BCUT2D eigenvalue weighted by atomic mass is 10.1. The van der Waals surface area contributed by atoms with Crippen molar-refractivity contribution in [2.75, 3.05) is 7.11 Å². The van der Waals surface area contributed by atoms with Crippen LogP contribution in [0, 0.1) is 0 Å². The molecule has 1 aromatic heterocycles. The van der Waals surface area contributed by atoms with Gasteiger partial charge in [-0.05, 0) is 45.8 Å². The molecular weight excluding hydrogens is 382 g/mol. The number of hydrogen-bond acceptors (Lipinski definition) is 4. The summed E-state index contributed by atoms with van der Waals surface area (Å²) in [5, 5.41) is 1.03. The molecule has 0 N–H and O–H groups in total. The Labute approximate surface area is 154 Å². The number of benzene rings is 2. The minimum atomic E-state index is -0.403. The van der Waals surface area contributed by atoms with Gasteiger partial charge in [-0.25, -0.2) is 4.79 Å². The lowest BCUT2D eigenvalue weighted by Crippen LogP contribution is -2.01. The average molecular weight is 398 g/mol. The number of rotatable bonds is 5. The third-order valence-electron chi connectivity index (χ3n) is 3.66. The third-order valence-corrected chi connectivity index (χ3v) is 4.28. The maximum Gasteiger partial charge on any atom is 0.331 e. The summed E-state index contributed by atoms with van der Waals surface area (Å²) in [6.07, 6.45) is 4.88. The van der Waals surface area contributed by atoms with Crippen molar-refractivity contribution in [1.29, 1.82) is 0 Å². The van der Waals surface area contributed by atoms with Crippen LogP contribution in [0.15, 0.2) is 65.3 Å². The van der Waals surface area contributed by atoms with Crippen LogP contribution in [0.25, 0.3) is 17.0 Å². The second kappa shape index (κ2) is 7.94. The zero-order valence-corrected chi connectivity index (χ0v) is 15.2. The van der Waals surface area contributed by atoms with E-state index in [0.29, 0.717) is 0 Å². The van der Waals surface area contributed by atoms with Crippen LogP contribution in [-0.4, -0.2) is 18.1 Å². The number of carbonyl (C=O) groups is 1. The Morgan fingerprint density at radius 2 is 2.04 bits per heavy atom. The lowest BCUT2D eigenvalue weighted by molar-refractivity contribution is -0.138. The highest BCUT2D eigenvalue weighted by Crippen LogP contribution is 2.25. The summed E-state index contributed by atoms with van der Waals surface area (Å²) in [5.41, 5.74) is 2.61. The number of ether oxygens (including phenoxy) is 2. The molecule has 4 nitrogen and oxygen atoms in total. The second-order valence-corrected chi connectivity index (χ2v) is 6.19. The van der Waals surface area contributed by atoms with Gasteiger partial charge in [-0.1, -0.05) is 30.3 Å². The summed E-state index contributed by atoms with van der Waals surface area (Å²) in [6, 6.07) is 15.3. The van der Waals surface area contributed by atoms with Gasteiger partial charge in [0.15, 0.2) is 0 Å². The maximum absolute atomic E-state index is 12.0. The van der Waals surface area contributed by atoms with Crippen LogP contribution in [0.4, 0.5) is 0 Å². The number of nitrogens with zero attached hydrogens (tertiary/aromatic N) is 1. The summed E-state index contributed by atoms with van der Waals surface area (Å²) in [7, 11) is 1.60. The summed E-state index contributed by atoms with van der Waals surface area (Å²) < 4.78 is 11.3. The van der Waals surface area contributed by atoms with Gasteiger partial charge in [0, 0.05) is 23.2 Å². The molecule has 25 heavy (non-hydrogen) atoms. The Morgan fingerprint density at radius 3 is 2.84 bits per heavy atom. The van der Waals surface area contributed by atoms with E-state index in [9.17, 15) is 4.79 Å². The molecule has 3 rings (SSSR count). The van der Waals surface area contributed by atoms with Crippen molar-refractivity contribution in [3.8, 4) is 5.75 Å². The van der Waals surface area contributed by atoms with E-state index in [2.05, 4.69) is 20.9 Å². The standard InChI is InChI=1S/C20H16BrNO3/c1-24-18-9-7-14(12-17(18)21)13-25-19(23)10-8-16-5-2-4-15-6-3-11-22-20(15)16/h2-12H,13H2,1H3/b10-8+. The highest BCUT2D eigenvalue weighted by molar-refractivity contribution is 9.10. The van der Waals surface area contributed by atoms with E-state index in [-0.39, 0.29) is 6.61 Å². The third kappa shape index (κ3) is 4.25. The molecule has 5 heteroatoms. The first-order chi connectivity index (χ1) is 12.2. The molecule has 3 aromatic rings. The van der Waals surface area contributed by atoms with Crippen molar-refractivity contribution >= 4 is 38.9 Å². The van der Waals surface area contributed by atoms with E-state index in [0.717, 1.165) is 32.3 Å². The highest BCUT2D eigenvalue weighted by Gasteiger charge is 2.04. The van der Waals surface area contributed by atoms with E-state index in [1.807, 2.05) is 48.5 Å². The summed E-state index contributed by atoms with van der Waals surface area (Å²) in [6.45, 7) is 0.194. The van der Waals surface area contributed by atoms with Crippen molar-refractivity contribution in [3.63, 3.8) is 0 Å². The maximum atomic E-state index is 12.0. The minimum Gasteiger partial charge on any atom is -0.496 e. The Balaban J connectivity index is 1.66. The van der Waals surface area contributed by atoms with E-state index in [1.165, 1.54) is 6.08 Å². The molecule has 1 heterocycles. The molecule has 2 aromatic carbocycles. The average Bonchev–Trinajstić information content (AvgIpc) is 2.64. The number of fused-ring (bicyclic) bond motifs is 1. The number of pyridine rings is 1. The normalized spacial score (nSPS) is 11.0. The molecule has 0 fully saturated rings. The van der Waals surface area contributed by atoms with Gasteiger partial charge in [0.05, 0.1) is 17.1 Å². The number of carbonyl (C=O) groups excluding carboxylic acids is 1. The van der Waals surface area contributed by atoms with Crippen LogP contribution in [0.3, 0.4) is 0 Å². The van der Waals surface area contributed by atoms with E-state index >= 15 is 0 Å². The van der Waals surface area contributed by atoms with Crippen LogP contribution in [0.2, 0.25) is 0 Å². The first-order valence-electron chi connectivity index (χ1n) is 7.68. The van der Waals surface area contributed by atoms with Gasteiger partial charge in [-0.15, -0.1) is 0 Å². The largest absolute Gasteiger partial charge is 0.496 e. The molecule has 0 spiro atoms. The summed E-state index contributed by atoms with van der Waals surface area (Å²) >= 11 is 3.41. The quantitative estimate of drug-likeness (QED) is 0.459. The van der Waals surface area contributed by atoms with Crippen molar-refractivity contribution < 1.29 is 14.3 Å². The van der Waals surface area contributed by atoms with E-state index in [4.69, 9.17) is 9.47 Å². The zero-order valence-electron chi connectivity index (χ0n) is 13.6. The number of methoxy groups -OCH3 is 1. The molecule has 0 unspecified atom stereocenters. The molecule has 0 amide bonds. The smallest absolute Gasteiger partial charge is 0.331 e. The lowest BCUT2D eigenvalue weighted by Gasteiger charge is -2.06. The number of esters is 1. The highest BCUT2D eigenvalue weighted by atomic mass is 79.9. The van der Waals surface area contributed by atoms with Gasteiger partial charge < -0.3 is 9.47 Å². The summed E-state index contributed by atoms with van der Waals surface area (Å²) in [4.78, 5) is 16.3. The van der Waals surface area contributed by atoms with Gasteiger partial charge >= 0.3 is 5.97 Å². The second-order valence-electron chi connectivity index (χ2n) is 5.33. The molecule has 0 saturated carbocycles. The van der Waals surface area contributed by atoms with Crippen molar-refractivity contribution in [1.82, 2.24) is 4.98 Å². The Morgan fingerprint density at radius 1 is 1.20 bits per heavy atom. The molecular formula is C20H16BrNO3. The Bertz CT molecular complexity index is 932. The van der Waals surface area contributed by atoms with Gasteiger partial charge in [-0.3, -0.25) is 4.98 Å².